The van der Waals surface area contributed by atoms with Crippen molar-refractivity contribution in [3.05, 3.63) is 22.4 Å². The number of amides is 1. The lowest BCUT2D eigenvalue weighted by atomic mass is 10.2. The Morgan fingerprint density at radius 3 is 3.00 bits per heavy atom. The predicted octanol–water partition coefficient (Wildman–Crippen LogP) is -0.197. The molecule has 1 atom stereocenters. The van der Waals surface area contributed by atoms with Crippen molar-refractivity contribution in [3.8, 4) is 0 Å². The van der Waals surface area contributed by atoms with Gasteiger partial charge in [0.05, 0.1) is 12.6 Å². The van der Waals surface area contributed by atoms with Crippen molar-refractivity contribution in [2.45, 2.75) is 6.10 Å². The van der Waals surface area contributed by atoms with Crippen molar-refractivity contribution in [2.24, 2.45) is 0 Å². The van der Waals surface area contributed by atoms with Crippen LogP contribution in [0.3, 0.4) is 0 Å². The molecule has 1 aliphatic heterocycles. The Labute approximate surface area is 111 Å². The van der Waals surface area contributed by atoms with E-state index in [-0.39, 0.29) is 12.5 Å². The summed E-state index contributed by atoms with van der Waals surface area (Å²) in [7, 11) is 0. The second kappa shape index (κ2) is 6.84. The number of aliphatic hydroxyl groups excluding tert-OH is 1. The normalized spacial score (nSPS) is 18.5. The van der Waals surface area contributed by atoms with Gasteiger partial charge in [-0.05, 0) is 22.4 Å². The van der Waals surface area contributed by atoms with E-state index >= 15 is 0 Å². The maximum atomic E-state index is 11.7. The molecule has 1 aromatic heterocycles. The highest BCUT2D eigenvalue weighted by Crippen LogP contribution is 2.14. The molecule has 1 aliphatic rings. The average Bonchev–Trinajstić information content (AvgIpc) is 2.91. The van der Waals surface area contributed by atoms with Gasteiger partial charge < -0.3 is 15.7 Å². The molecule has 0 saturated carbocycles. The van der Waals surface area contributed by atoms with Crippen molar-refractivity contribution in [1.82, 2.24) is 15.5 Å². The number of nitrogens with zero attached hydrogens (tertiary/aromatic N) is 1. The van der Waals surface area contributed by atoms with Gasteiger partial charge >= 0.3 is 0 Å². The van der Waals surface area contributed by atoms with Crippen molar-refractivity contribution in [1.29, 1.82) is 0 Å². The molecular weight excluding hydrogens is 250 g/mol. The smallest absolute Gasteiger partial charge is 0.234 e. The van der Waals surface area contributed by atoms with Crippen LogP contribution < -0.4 is 10.6 Å². The van der Waals surface area contributed by atoms with Crippen molar-refractivity contribution in [2.75, 3.05) is 39.3 Å². The van der Waals surface area contributed by atoms with Crippen LogP contribution in [0.15, 0.2) is 16.8 Å². The van der Waals surface area contributed by atoms with Crippen LogP contribution in [-0.4, -0.2) is 55.2 Å². The number of hydrogen-bond acceptors (Lipinski definition) is 5. The predicted molar refractivity (Wildman–Crippen MR) is 71.6 cm³/mol. The maximum Gasteiger partial charge on any atom is 0.234 e. The van der Waals surface area contributed by atoms with Gasteiger partial charge in [-0.3, -0.25) is 9.69 Å². The van der Waals surface area contributed by atoms with Gasteiger partial charge in [0.2, 0.25) is 5.91 Å². The lowest BCUT2D eigenvalue weighted by molar-refractivity contribution is -0.122. The molecule has 0 aliphatic carbocycles. The molecule has 100 valence electrons. The Morgan fingerprint density at radius 1 is 1.56 bits per heavy atom. The van der Waals surface area contributed by atoms with Gasteiger partial charge in [0, 0.05) is 32.7 Å². The number of nitrogens with one attached hydrogen (secondary N) is 2. The van der Waals surface area contributed by atoms with Gasteiger partial charge in [0.25, 0.3) is 0 Å². The first-order valence-electron chi connectivity index (χ1n) is 6.15. The quantitative estimate of drug-likeness (QED) is 0.693. The third kappa shape index (κ3) is 4.06. The number of hydrogen-bond donors (Lipinski definition) is 3. The van der Waals surface area contributed by atoms with E-state index in [2.05, 4.69) is 15.5 Å². The van der Waals surface area contributed by atoms with Gasteiger partial charge in [-0.2, -0.15) is 11.3 Å². The number of rotatable bonds is 5. The van der Waals surface area contributed by atoms with Gasteiger partial charge in [0.1, 0.15) is 0 Å². The molecule has 3 N–H and O–H groups in total. The molecule has 18 heavy (non-hydrogen) atoms. The van der Waals surface area contributed by atoms with Gasteiger partial charge in [0.15, 0.2) is 0 Å². The van der Waals surface area contributed by atoms with Crippen LogP contribution in [0.4, 0.5) is 0 Å². The fourth-order valence-corrected chi connectivity index (χ4v) is 2.63. The summed E-state index contributed by atoms with van der Waals surface area (Å²) < 4.78 is 0. The highest BCUT2D eigenvalue weighted by Gasteiger charge is 2.14. The molecule has 1 amide bonds. The van der Waals surface area contributed by atoms with E-state index in [1.54, 1.807) is 11.3 Å². The van der Waals surface area contributed by atoms with Crippen LogP contribution >= 0.6 is 11.3 Å². The molecule has 0 bridgehead atoms. The minimum Gasteiger partial charge on any atom is -0.387 e. The summed E-state index contributed by atoms with van der Waals surface area (Å²) in [6.07, 6.45) is -0.608. The molecule has 1 fully saturated rings. The largest absolute Gasteiger partial charge is 0.387 e. The van der Waals surface area contributed by atoms with E-state index in [4.69, 9.17) is 0 Å². The van der Waals surface area contributed by atoms with Crippen LogP contribution in [0.5, 0.6) is 0 Å². The SMILES string of the molecule is O=C(CN1CCNCC1)NCC(O)c1ccsc1. The zero-order valence-corrected chi connectivity index (χ0v) is 11.1. The monoisotopic (exact) mass is 269 g/mol. The highest BCUT2D eigenvalue weighted by atomic mass is 32.1. The Balaban J connectivity index is 1.68. The van der Waals surface area contributed by atoms with Crippen molar-refractivity contribution in [3.63, 3.8) is 0 Å². The minimum atomic E-state index is -0.608. The molecule has 1 saturated heterocycles. The van der Waals surface area contributed by atoms with E-state index in [1.165, 1.54) is 0 Å². The lowest BCUT2D eigenvalue weighted by Crippen LogP contribution is -2.47. The van der Waals surface area contributed by atoms with Crippen LogP contribution in [0.1, 0.15) is 11.7 Å². The Hall–Kier alpha value is -0.950. The minimum absolute atomic E-state index is 0.0221. The molecule has 0 radical (unpaired) electrons. The summed E-state index contributed by atoms with van der Waals surface area (Å²) in [5.41, 5.74) is 0.863. The topological polar surface area (TPSA) is 64.6 Å². The molecule has 0 spiro atoms. The number of carbonyl (C=O) groups is 1. The zero-order chi connectivity index (χ0) is 12.8. The maximum absolute atomic E-state index is 11.7. The Bertz CT molecular complexity index is 363. The third-order valence-corrected chi connectivity index (χ3v) is 3.70. The third-order valence-electron chi connectivity index (χ3n) is 3.00. The molecule has 2 heterocycles. The average molecular weight is 269 g/mol. The number of piperazine rings is 1. The van der Waals surface area contributed by atoms with E-state index in [0.29, 0.717) is 6.54 Å². The van der Waals surface area contributed by atoms with E-state index in [9.17, 15) is 9.90 Å². The molecule has 1 aromatic rings. The Morgan fingerprint density at radius 2 is 2.33 bits per heavy atom. The standard InChI is InChI=1S/C12H19N3O2S/c16-11(10-1-6-18-9-10)7-14-12(17)8-15-4-2-13-3-5-15/h1,6,9,11,13,16H,2-5,7-8H2,(H,14,17). The molecule has 2 rings (SSSR count). The van der Waals surface area contributed by atoms with Gasteiger partial charge in [-0.25, -0.2) is 0 Å². The van der Waals surface area contributed by atoms with Crippen molar-refractivity contribution < 1.29 is 9.90 Å². The second-order valence-electron chi connectivity index (χ2n) is 4.40. The molecule has 5 nitrogen and oxygen atoms in total. The first-order chi connectivity index (χ1) is 8.75. The van der Waals surface area contributed by atoms with Crippen LogP contribution in [-0.2, 0) is 4.79 Å². The molecule has 6 heteroatoms. The number of aliphatic hydroxyl groups is 1. The number of carbonyl (C=O) groups excluding carboxylic acids is 1. The van der Waals surface area contributed by atoms with E-state index in [1.807, 2.05) is 16.8 Å². The molecule has 0 aromatic carbocycles. The Kier molecular flexibility index (Phi) is 5.12. The summed E-state index contributed by atoms with van der Waals surface area (Å²) in [5.74, 6) is -0.0221. The number of thiophene rings is 1. The van der Waals surface area contributed by atoms with E-state index < -0.39 is 6.10 Å². The molecule has 1 unspecified atom stereocenters. The molecular formula is C12H19N3O2S. The van der Waals surface area contributed by atoms with Crippen LogP contribution in [0.2, 0.25) is 0 Å². The lowest BCUT2D eigenvalue weighted by Gasteiger charge is -2.26. The van der Waals surface area contributed by atoms with Crippen LogP contribution in [0.25, 0.3) is 0 Å². The summed E-state index contributed by atoms with van der Waals surface area (Å²) in [4.78, 5) is 13.8. The second-order valence-corrected chi connectivity index (χ2v) is 5.18. The first-order valence-corrected chi connectivity index (χ1v) is 7.10. The highest BCUT2D eigenvalue weighted by molar-refractivity contribution is 7.07. The summed E-state index contributed by atoms with van der Waals surface area (Å²) in [6.45, 7) is 4.37. The summed E-state index contributed by atoms with van der Waals surface area (Å²) >= 11 is 1.54. The van der Waals surface area contributed by atoms with Crippen molar-refractivity contribution >= 4 is 17.2 Å². The summed E-state index contributed by atoms with van der Waals surface area (Å²) in [6, 6.07) is 1.87. The van der Waals surface area contributed by atoms with Crippen LogP contribution in [0, 0.1) is 0 Å². The first kappa shape index (κ1) is 13.5. The van der Waals surface area contributed by atoms with Gasteiger partial charge in [-0.15, -0.1) is 0 Å². The fraction of sp³-hybridized carbons (Fsp3) is 0.583. The zero-order valence-electron chi connectivity index (χ0n) is 10.3. The fourth-order valence-electron chi connectivity index (χ4n) is 1.92. The summed E-state index contributed by atoms with van der Waals surface area (Å²) in [5, 5.41) is 19.7. The van der Waals surface area contributed by atoms with E-state index in [0.717, 1.165) is 31.7 Å². The van der Waals surface area contributed by atoms with Gasteiger partial charge in [-0.1, -0.05) is 0 Å².